The average Bonchev–Trinajstić information content (AvgIpc) is 2.90. The molecule has 1 unspecified atom stereocenters. The van der Waals surface area contributed by atoms with Gasteiger partial charge in [0.25, 0.3) is 5.91 Å². The summed E-state index contributed by atoms with van der Waals surface area (Å²) in [4.78, 5) is 38.2. The molecule has 9 heteroatoms. The van der Waals surface area contributed by atoms with Gasteiger partial charge in [0.1, 0.15) is 12.1 Å². The number of thioether (sulfide) groups is 1. The fourth-order valence-electron chi connectivity index (χ4n) is 4.52. The summed E-state index contributed by atoms with van der Waals surface area (Å²) in [5, 5.41) is 19.1. The Morgan fingerprint density at radius 1 is 1.14 bits per heavy atom. The van der Waals surface area contributed by atoms with Crippen molar-refractivity contribution in [1.29, 1.82) is 0 Å². The second-order valence-electron chi connectivity index (χ2n) is 9.14. The summed E-state index contributed by atoms with van der Waals surface area (Å²) in [6, 6.07) is 11.5. The van der Waals surface area contributed by atoms with Crippen molar-refractivity contribution < 1.29 is 24.2 Å². The van der Waals surface area contributed by atoms with Crippen LogP contribution in [0.3, 0.4) is 0 Å². The number of aryl methyl sites for hydroxylation is 1. The molecule has 2 aromatic carbocycles. The zero-order valence-electron chi connectivity index (χ0n) is 21.7. The van der Waals surface area contributed by atoms with Crippen molar-refractivity contribution in [2.75, 3.05) is 31.7 Å². The van der Waals surface area contributed by atoms with Crippen LogP contribution in [0.4, 0.5) is 0 Å². The summed E-state index contributed by atoms with van der Waals surface area (Å²) in [6.07, 6.45) is 4.01. The van der Waals surface area contributed by atoms with E-state index in [-0.39, 0.29) is 18.6 Å². The predicted octanol–water partition coefficient (Wildman–Crippen LogP) is 3.54. The van der Waals surface area contributed by atoms with Crippen molar-refractivity contribution in [3.8, 4) is 11.1 Å². The first-order chi connectivity index (χ1) is 17.8. The van der Waals surface area contributed by atoms with E-state index in [1.165, 1.54) is 11.8 Å². The van der Waals surface area contributed by atoms with E-state index in [1.807, 2.05) is 43.5 Å². The molecule has 0 saturated carbocycles. The number of carbonyl (C=O) groups excluding carboxylic acids is 2. The molecule has 1 amide bonds. The molecule has 0 bridgehead atoms. The van der Waals surface area contributed by atoms with Crippen molar-refractivity contribution in [2.24, 2.45) is 0 Å². The number of nitrogens with one attached hydrogen (secondary N) is 3. The molecule has 0 spiro atoms. The number of carbonyl (C=O) groups is 3. The minimum atomic E-state index is -1.06. The maximum absolute atomic E-state index is 13.4. The third-order valence-corrected chi connectivity index (χ3v) is 7.18. The van der Waals surface area contributed by atoms with Gasteiger partial charge in [-0.1, -0.05) is 30.3 Å². The largest absolute Gasteiger partial charge is 0.480 e. The fraction of sp³-hybridized carbons (Fsp3) is 0.464. The summed E-state index contributed by atoms with van der Waals surface area (Å²) in [5.41, 5.74) is 3.50. The Kier molecular flexibility index (Phi) is 11.0. The Morgan fingerprint density at radius 2 is 1.86 bits per heavy atom. The van der Waals surface area contributed by atoms with E-state index in [0.29, 0.717) is 28.9 Å². The Hall–Kier alpha value is -2.88. The van der Waals surface area contributed by atoms with E-state index in [2.05, 4.69) is 16.0 Å². The van der Waals surface area contributed by atoms with E-state index in [4.69, 9.17) is 4.74 Å². The number of benzene rings is 2. The summed E-state index contributed by atoms with van der Waals surface area (Å²) in [7, 11) is 0. The molecule has 1 heterocycles. The van der Waals surface area contributed by atoms with Gasteiger partial charge >= 0.3 is 11.9 Å². The van der Waals surface area contributed by atoms with E-state index >= 15 is 0 Å². The molecule has 2 atom stereocenters. The highest BCUT2D eigenvalue weighted by Crippen LogP contribution is 2.31. The molecule has 4 N–H and O–H groups in total. The van der Waals surface area contributed by atoms with E-state index in [0.717, 1.165) is 37.1 Å². The standard InChI is InChI=1S/C28H37N3O5S/c1-4-36-28(35)25(30-20-11-14-29-15-12-20)19-9-10-22(23(17-19)21-8-6-5-7-18(21)2)26(32)31-24(27(33)34)13-16-37-3/h5-10,17,20,24-25,29-30H,4,11-16H2,1-3H3,(H,31,32)(H,33,34)/t24-,25?/m0/s1. The summed E-state index contributed by atoms with van der Waals surface area (Å²) in [6.45, 7) is 5.76. The van der Waals surface area contributed by atoms with Crippen LogP contribution in [-0.4, -0.2) is 66.7 Å². The highest BCUT2D eigenvalue weighted by Gasteiger charge is 2.28. The molecule has 3 rings (SSSR count). The molecule has 1 aliphatic rings. The molecule has 37 heavy (non-hydrogen) atoms. The lowest BCUT2D eigenvalue weighted by molar-refractivity contribution is -0.146. The fourth-order valence-corrected chi connectivity index (χ4v) is 4.99. The summed E-state index contributed by atoms with van der Waals surface area (Å²) in [5.74, 6) is -1.27. The van der Waals surface area contributed by atoms with Gasteiger partial charge in [0, 0.05) is 11.6 Å². The Balaban J connectivity index is 2.02. The van der Waals surface area contributed by atoms with Gasteiger partial charge < -0.3 is 20.5 Å². The van der Waals surface area contributed by atoms with Crippen LogP contribution in [0, 0.1) is 6.92 Å². The molecule has 0 aromatic heterocycles. The first kappa shape index (κ1) is 28.7. The topological polar surface area (TPSA) is 117 Å². The SMILES string of the molecule is CCOC(=O)C(NC1CCNCC1)c1ccc(C(=O)N[C@@H](CCSC)C(=O)O)c(-c2ccccc2C)c1. The van der Waals surface area contributed by atoms with Crippen LogP contribution in [0.2, 0.25) is 0 Å². The van der Waals surface area contributed by atoms with Gasteiger partial charge in [-0.05, 0) is 92.6 Å². The third kappa shape index (κ3) is 7.80. The van der Waals surface area contributed by atoms with Gasteiger partial charge in [0.2, 0.25) is 0 Å². The van der Waals surface area contributed by atoms with Crippen LogP contribution >= 0.6 is 11.8 Å². The van der Waals surface area contributed by atoms with Crippen LogP contribution in [0.5, 0.6) is 0 Å². The molecular formula is C28H37N3O5S. The maximum atomic E-state index is 13.4. The molecule has 2 aromatic rings. The van der Waals surface area contributed by atoms with Gasteiger partial charge in [0.05, 0.1) is 6.61 Å². The number of aliphatic carboxylic acids is 1. The molecule has 1 fully saturated rings. The van der Waals surface area contributed by atoms with Crippen molar-refractivity contribution in [2.45, 2.75) is 51.2 Å². The number of rotatable bonds is 12. The molecule has 8 nitrogen and oxygen atoms in total. The lowest BCUT2D eigenvalue weighted by atomic mass is 9.91. The lowest BCUT2D eigenvalue weighted by Crippen LogP contribution is -2.44. The van der Waals surface area contributed by atoms with E-state index in [9.17, 15) is 19.5 Å². The normalized spacial score (nSPS) is 15.5. The number of esters is 1. The van der Waals surface area contributed by atoms with Crippen LogP contribution in [-0.2, 0) is 14.3 Å². The zero-order chi connectivity index (χ0) is 26.8. The summed E-state index contributed by atoms with van der Waals surface area (Å²) < 4.78 is 5.40. The molecule has 200 valence electrons. The van der Waals surface area contributed by atoms with Crippen molar-refractivity contribution in [3.05, 3.63) is 59.2 Å². The van der Waals surface area contributed by atoms with E-state index in [1.54, 1.807) is 19.1 Å². The quantitative estimate of drug-likeness (QED) is 0.310. The second-order valence-corrected chi connectivity index (χ2v) is 10.1. The van der Waals surface area contributed by atoms with Crippen molar-refractivity contribution in [1.82, 2.24) is 16.0 Å². The Bertz CT molecular complexity index is 1090. The van der Waals surface area contributed by atoms with Gasteiger partial charge in [-0.15, -0.1) is 0 Å². The third-order valence-electron chi connectivity index (χ3n) is 6.53. The van der Waals surface area contributed by atoms with Crippen LogP contribution < -0.4 is 16.0 Å². The summed E-state index contributed by atoms with van der Waals surface area (Å²) >= 11 is 1.53. The Morgan fingerprint density at radius 3 is 2.51 bits per heavy atom. The zero-order valence-corrected chi connectivity index (χ0v) is 22.5. The first-order valence-electron chi connectivity index (χ1n) is 12.7. The average molecular weight is 528 g/mol. The highest BCUT2D eigenvalue weighted by molar-refractivity contribution is 7.98. The van der Waals surface area contributed by atoms with Crippen molar-refractivity contribution in [3.63, 3.8) is 0 Å². The molecule has 1 aliphatic heterocycles. The van der Waals surface area contributed by atoms with Gasteiger partial charge in [-0.3, -0.25) is 10.1 Å². The number of amides is 1. The van der Waals surface area contributed by atoms with E-state index < -0.39 is 24.0 Å². The predicted molar refractivity (Wildman–Crippen MR) is 147 cm³/mol. The van der Waals surface area contributed by atoms with Crippen LogP contribution in [0.1, 0.15) is 53.7 Å². The Labute approximate surface area is 222 Å². The smallest absolute Gasteiger partial charge is 0.327 e. The number of ether oxygens (including phenoxy) is 1. The van der Waals surface area contributed by atoms with Gasteiger partial charge in [0.15, 0.2) is 0 Å². The lowest BCUT2D eigenvalue weighted by Gasteiger charge is -2.28. The number of carboxylic acids is 1. The van der Waals surface area contributed by atoms with Crippen LogP contribution in [0.15, 0.2) is 42.5 Å². The van der Waals surface area contributed by atoms with Crippen LogP contribution in [0.25, 0.3) is 11.1 Å². The van der Waals surface area contributed by atoms with Crippen molar-refractivity contribution >= 4 is 29.6 Å². The minimum Gasteiger partial charge on any atom is -0.480 e. The van der Waals surface area contributed by atoms with Gasteiger partial charge in [-0.25, -0.2) is 9.59 Å². The number of carboxylic acid groups (broad SMARTS) is 1. The molecule has 0 radical (unpaired) electrons. The number of hydrogen-bond donors (Lipinski definition) is 4. The maximum Gasteiger partial charge on any atom is 0.327 e. The first-order valence-corrected chi connectivity index (χ1v) is 14.1. The number of piperidine rings is 1. The second kappa shape index (κ2) is 14.2. The number of hydrogen-bond acceptors (Lipinski definition) is 7. The molecular weight excluding hydrogens is 490 g/mol. The highest BCUT2D eigenvalue weighted by atomic mass is 32.2. The monoisotopic (exact) mass is 527 g/mol. The minimum absolute atomic E-state index is 0.160. The molecule has 0 aliphatic carbocycles. The molecule has 1 saturated heterocycles. The van der Waals surface area contributed by atoms with Gasteiger partial charge in [-0.2, -0.15) is 11.8 Å².